The lowest BCUT2D eigenvalue weighted by Gasteiger charge is -2.25. The summed E-state index contributed by atoms with van der Waals surface area (Å²) < 4.78 is 26.9. The number of nitro benzene ring substituents is 1. The molecule has 0 radical (unpaired) electrons. The van der Waals surface area contributed by atoms with E-state index in [-0.39, 0.29) is 29.5 Å². The van der Waals surface area contributed by atoms with Crippen molar-refractivity contribution in [2.45, 2.75) is 43.5 Å². The van der Waals surface area contributed by atoms with Gasteiger partial charge in [-0.15, -0.1) is 0 Å². The van der Waals surface area contributed by atoms with Crippen LogP contribution in [0, 0.1) is 10.1 Å². The molecule has 9 heteroatoms. The number of para-hydroxylation sites is 1. The number of sulfonamides is 1. The van der Waals surface area contributed by atoms with E-state index in [0.29, 0.717) is 25.1 Å². The molecule has 30 heavy (non-hydrogen) atoms. The van der Waals surface area contributed by atoms with Crippen LogP contribution in [-0.2, 0) is 27.8 Å². The maximum absolute atomic E-state index is 12.7. The number of nitrogens with zero attached hydrogens (tertiary/aromatic N) is 2. The van der Waals surface area contributed by atoms with E-state index in [1.165, 1.54) is 10.4 Å². The molecule has 0 aromatic heterocycles. The highest BCUT2D eigenvalue weighted by atomic mass is 32.2. The fraction of sp³-hybridized carbons (Fsp3) is 0.381. The van der Waals surface area contributed by atoms with Crippen molar-refractivity contribution in [3.05, 3.63) is 69.8 Å². The largest absolute Gasteiger partial charge is 0.352 e. The minimum absolute atomic E-state index is 0.0247. The van der Waals surface area contributed by atoms with Gasteiger partial charge in [0, 0.05) is 37.7 Å². The lowest BCUT2D eigenvalue weighted by molar-refractivity contribution is -0.385. The van der Waals surface area contributed by atoms with Gasteiger partial charge in [0.2, 0.25) is 15.9 Å². The van der Waals surface area contributed by atoms with Crippen LogP contribution in [0.15, 0.2) is 53.4 Å². The van der Waals surface area contributed by atoms with E-state index in [2.05, 4.69) is 5.32 Å². The first-order valence-corrected chi connectivity index (χ1v) is 11.4. The van der Waals surface area contributed by atoms with Crippen molar-refractivity contribution in [3.63, 3.8) is 0 Å². The maximum atomic E-state index is 12.7. The second kappa shape index (κ2) is 9.82. The smallest absolute Gasteiger partial charge is 0.274 e. The van der Waals surface area contributed by atoms with Gasteiger partial charge in [0.05, 0.1) is 9.82 Å². The van der Waals surface area contributed by atoms with Crippen LogP contribution < -0.4 is 5.32 Å². The van der Waals surface area contributed by atoms with Crippen molar-refractivity contribution >= 4 is 21.6 Å². The molecular formula is C21H25N3O5S. The Kier molecular flexibility index (Phi) is 7.17. The SMILES string of the molecule is O=C(CCc1ccc(S(=O)(=O)N2CCCCC2)cc1)NCc1ccccc1[N+](=O)[O-]. The van der Waals surface area contributed by atoms with E-state index in [0.717, 1.165) is 24.8 Å². The van der Waals surface area contributed by atoms with Gasteiger partial charge in [0.15, 0.2) is 0 Å². The number of hydrogen-bond acceptors (Lipinski definition) is 5. The first-order chi connectivity index (χ1) is 14.4. The van der Waals surface area contributed by atoms with Crippen LogP contribution in [-0.4, -0.2) is 36.6 Å². The first-order valence-electron chi connectivity index (χ1n) is 9.96. The molecule has 160 valence electrons. The number of piperidine rings is 1. The molecule has 1 heterocycles. The molecule has 1 fully saturated rings. The van der Waals surface area contributed by atoms with Crippen molar-refractivity contribution in [1.82, 2.24) is 9.62 Å². The van der Waals surface area contributed by atoms with E-state index in [1.807, 2.05) is 0 Å². The third-order valence-electron chi connectivity index (χ3n) is 5.18. The second-order valence-corrected chi connectivity index (χ2v) is 9.21. The zero-order chi connectivity index (χ0) is 21.6. The summed E-state index contributed by atoms with van der Waals surface area (Å²) in [5.41, 5.74) is 1.28. The molecule has 0 unspecified atom stereocenters. The Morgan fingerprint density at radius 2 is 1.70 bits per heavy atom. The molecule has 0 atom stereocenters. The number of hydrogen-bond donors (Lipinski definition) is 1. The average molecular weight is 432 g/mol. The van der Waals surface area contributed by atoms with Gasteiger partial charge in [-0.2, -0.15) is 4.31 Å². The number of benzene rings is 2. The average Bonchev–Trinajstić information content (AvgIpc) is 2.77. The normalized spacial score (nSPS) is 14.9. The first kappa shape index (κ1) is 21.9. The molecule has 0 spiro atoms. The van der Waals surface area contributed by atoms with Gasteiger partial charge >= 0.3 is 0 Å². The van der Waals surface area contributed by atoms with Crippen LogP contribution >= 0.6 is 0 Å². The number of nitro groups is 1. The van der Waals surface area contributed by atoms with Gasteiger partial charge in [-0.25, -0.2) is 8.42 Å². The molecule has 2 aromatic rings. The van der Waals surface area contributed by atoms with E-state index >= 15 is 0 Å². The Bertz CT molecular complexity index is 1000. The summed E-state index contributed by atoms with van der Waals surface area (Å²) in [4.78, 5) is 22.9. The van der Waals surface area contributed by atoms with Crippen molar-refractivity contribution in [1.29, 1.82) is 0 Å². The van der Waals surface area contributed by atoms with Crippen LogP contribution in [0.3, 0.4) is 0 Å². The molecule has 1 amide bonds. The third-order valence-corrected chi connectivity index (χ3v) is 7.09. The van der Waals surface area contributed by atoms with Crippen LogP contribution in [0.25, 0.3) is 0 Å². The van der Waals surface area contributed by atoms with Gasteiger partial charge in [-0.05, 0) is 37.0 Å². The fourth-order valence-corrected chi connectivity index (χ4v) is 4.98. The van der Waals surface area contributed by atoms with Gasteiger partial charge in [-0.1, -0.05) is 36.8 Å². The zero-order valence-electron chi connectivity index (χ0n) is 16.6. The van der Waals surface area contributed by atoms with Crippen LogP contribution in [0.4, 0.5) is 5.69 Å². The summed E-state index contributed by atoms with van der Waals surface area (Å²) >= 11 is 0. The zero-order valence-corrected chi connectivity index (χ0v) is 17.4. The molecule has 3 rings (SSSR count). The molecule has 0 aliphatic carbocycles. The molecule has 2 aromatic carbocycles. The van der Waals surface area contributed by atoms with Crippen molar-refractivity contribution in [2.24, 2.45) is 0 Å². The Morgan fingerprint density at radius 3 is 2.37 bits per heavy atom. The maximum Gasteiger partial charge on any atom is 0.274 e. The molecule has 1 aliphatic heterocycles. The molecular weight excluding hydrogens is 406 g/mol. The van der Waals surface area contributed by atoms with E-state index in [4.69, 9.17) is 0 Å². The Morgan fingerprint density at radius 1 is 1.03 bits per heavy atom. The molecule has 1 N–H and O–H groups in total. The van der Waals surface area contributed by atoms with Gasteiger partial charge < -0.3 is 5.32 Å². The number of carbonyl (C=O) groups is 1. The summed E-state index contributed by atoms with van der Waals surface area (Å²) in [6, 6.07) is 12.9. The Hall–Kier alpha value is -2.78. The molecule has 1 aliphatic rings. The van der Waals surface area contributed by atoms with Crippen LogP contribution in [0.5, 0.6) is 0 Å². The van der Waals surface area contributed by atoms with Crippen LogP contribution in [0.1, 0.15) is 36.8 Å². The Labute approximate surface area is 176 Å². The monoisotopic (exact) mass is 431 g/mol. The van der Waals surface area contributed by atoms with Gasteiger partial charge in [0.1, 0.15) is 0 Å². The lowest BCUT2D eigenvalue weighted by Crippen LogP contribution is -2.35. The van der Waals surface area contributed by atoms with Crippen LogP contribution in [0.2, 0.25) is 0 Å². The highest BCUT2D eigenvalue weighted by Crippen LogP contribution is 2.21. The highest BCUT2D eigenvalue weighted by molar-refractivity contribution is 7.89. The quantitative estimate of drug-likeness (QED) is 0.510. The van der Waals surface area contributed by atoms with E-state index < -0.39 is 14.9 Å². The highest BCUT2D eigenvalue weighted by Gasteiger charge is 2.25. The lowest BCUT2D eigenvalue weighted by atomic mass is 10.1. The molecule has 0 bridgehead atoms. The summed E-state index contributed by atoms with van der Waals surface area (Å²) in [5, 5.41) is 13.7. The van der Waals surface area contributed by atoms with Crippen molar-refractivity contribution < 1.29 is 18.1 Å². The number of aryl methyl sites for hydroxylation is 1. The number of amides is 1. The summed E-state index contributed by atoms with van der Waals surface area (Å²) in [7, 11) is -3.46. The topological polar surface area (TPSA) is 110 Å². The minimum atomic E-state index is -3.46. The van der Waals surface area contributed by atoms with Gasteiger partial charge in [0.25, 0.3) is 5.69 Å². The predicted octanol–water partition coefficient (Wildman–Crippen LogP) is 3.02. The van der Waals surface area contributed by atoms with Crippen molar-refractivity contribution in [2.75, 3.05) is 13.1 Å². The summed E-state index contributed by atoms with van der Waals surface area (Å²) in [5.74, 6) is -0.224. The number of carbonyl (C=O) groups excluding carboxylic acids is 1. The predicted molar refractivity (Wildman–Crippen MR) is 112 cm³/mol. The Balaban J connectivity index is 1.52. The van der Waals surface area contributed by atoms with Crippen molar-refractivity contribution in [3.8, 4) is 0 Å². The van der Waals surface area contributed by atoms with Gasteiger partial charge in [-0.3, -0.25) is 14.9 Å². The number of rotatable bonds is 8. The molecule has 8 nitrogen and oxygen atoms in total. The summed E-state index contributed by atoms with van der Waals surface area (Å²) in [6.07, 6.45) is 3.49. The molecule has 1 saturated heterocycles. The second-order valence-electron chi connectivity index (χ2n) is 7.27. The van der Waals surface area contributed by atoms with E-state index in [1.54, 1.807) is 42.5 Å². The minimum Gasteiger partial charge on any atom is -0.352 e. The summed E-state index contributed by atoms with van der Waals surface area (Å²) in [6.45, 7) is 1.21. The third kappa shape index (κ3) is 5.43. The number of nitrogens with one attached hydrogen (secondary N) is 1. The standard InChI is InChI=1S/C21H25N3O5S/c25-21(22-16-18-6-2-3-7-20(18)24(26)27)13-10-17-8-11-19(12-9-17)30(28,29)23-14-4-1-5-15-23/h2-3,6-9,11-12H,1,4-5,10,13-16H2,(H,22,25). The fourth-order valence-electron chi connectivity index (χ4n) is 3.46. The van der Waals surface area contributed by atoms with E-state index in [9.17, 15) is 23.3 Å². The molecule has 0 saturated carbocycles.